The van der Waals surface area contributed by atoms with Crippen LogP contribution in [0.25, 0.3) is 16.7 Å². The lowest BCUT2D eigenvalue weighted by Crippen LogP contribution is -2.29. The minimum absolute atomic E-state index is 0.110. The van der Waals surface area contributed by atoms with E-state index in [1.165, 1.54) is 6.07 Å². The molecule has 4 aromatic rings. The van der Waals surface area contributed by atoms with Crippen LogP contribution in [0.4, 0.5) is 0 Å². The Hall–Kier alpha value is -3.16. The lowest BCUT2D eigenvalue weighted by atomic mass is 9.76. The molecule has 0 unspecified atom stereocenters. The predicted octanol–water partition coefficient (Wildman–Crippen LogP) is 6.84. The van der Waals surface area contributed by atoms with Gasteiger partial charge in [-0.1, -0.05) is 46.5 Å². The SMILES string of the molecule is Cc1cc2c(n1-c1ccc(Cl)cc1)CC(C)(C)C/C2=N\OC(=O)c1cc2cc(Br)ccc2oc1=O. The molecule has 0 radical (unpaired) electrons. The molecule has 0 saturated carbocycles. The van der Waals surface area contributed by atoms with Gasteiger partial charge >= 0.3 is 11.6 Å². The Morgan fingerprint density at radius 3 is 2.60 bits per heavy atom. The summed E-state index contributed by atoms with van der Waals surface area (Å²) in [5.41, 5.74) is 4.03. The third-order valence-electron chi connectivity index (χ3n) is 6.13. The number of fused-ring (bicyclic) bond motifs is 2. The first-order chi connectivity index (χ1) is 16.6. The molecule has 0 bridgehead atoms. The Kier molecular flexibility index (Phi) is 5.93. The monoisotopic (exact) mass is 552 g/mol. The van der Waals surface area contributed by atoms with Crippen LogP contribution in [-0.4, -0.2) is 16.2 Å². The summed E-state index contributed by atoms with van der Waals surface area (Å²) >= 11 is 9.47. The molecule has 2 heterocycles. The van der Waals surface area contributed by atoms with Crippen molar-refractivity contribution < 1.29 is 14.0 Å². The average Bonchev–Trinajstić information content (AvgIpc) is 3.12. The number of carbonyl (C=O) groups excluding carboxylic acids is 1. The van der Waals surface area contributed by atoms with Crippen LogP contribution in [0.15, 0.2) is 73.4 Å². The average molecular weight is 554 g/mol. The number of aromatic nitrogens is 1. The summed E-state index contributed by atoms with van der Waals surface area (Å²) in [5.74, 6) is -0.855. The molecular formula is C27H22BrClN2O4. The smallest absolute Gasteiger partial charge is 0.373 e. The van der Waals surface area contributed by atoms with E-state index in [0.29, 0.717) is 28.1 Å². The van der Waals surface area contributed by atoms with Gasteiger partial charge in [-0.15, -0.1) is 0 Å². The van der Waals surface area contributed by atoms with E-state index in [0.717, 1.165) is 33.5 Å². The third-order valence-corrected chi connectivity index (χ3v) is 6.87. The molecule has 178 valence electrons. The van der Waals surface area contributed by atoms with Gasteiger partial charge in [0.05, 0.1) is 5.71 Å². The fourth-order valence-electron chi connectivity index (χ4n) is 4.59. The van der Waals surface area contributed by atoms with Gasteiger partial charge in [-0.3, -0.25) is 0 Å². The molecule has 0 atom stereocenters. The van der Waals surface area contributed by atoms with Gasteiger partial charge in [-0.2, -0.15) is 0 Å². The highest BCUT2D eigenvalue weighted by Crippen LogP contribution is 2.38. The van der Waals surface area contributed by atoms with Crippen molar-refractivity contribution in [1.82, 2.24) is 4.57 Å². The van der Waals surface area contributed by atoms with Crippen LogP contribution in [-0.2, 0) is 11.3 Å². The van der Waals surface area contributed by atoms with Gasteiger partial charge in [0, 0.05) is 37.5 Å². The second kappa shape index (κ2) is 8.81. The largest absolute Gasteiger partial charge is 0.422 e. The van der Waals surface area contributed by atoms with Crippen LogP contribution in [0.5, 0.6) is 0 Å². The topological polar surface area (TPSA) is 73.8 Å². The molecule has 1 aliphatic rings. The first kappa shape index (κ1) is 23.6. The lowest BCUT2D eigenvalue weighted by Gasteiger charge is -2.31. The number of oxime groups is 1. The summed E-state index contributed by atoms with van der Waals surface area (Å²) in [6.45, 7) is 6.33. The highest BCUT2D eigenvalue weighted by molar-refractivity contribution is 9.10. The number of rotatable bonds is 3. The first-order valence-electron chi connectivity index (χ1n) is 11.1. The van der Waals surface area contributed by atoms with Gasteiger partial charge in [-0.05, 0) is 79.8 Å². The van der Waals surface area contributed by atoms with Crippen LogP contribution in [0.3, 0.4) is 0 Å². The summed E-state index contributed by atoms with van der Waals surface area (Å²) < 4.78 is 8.27. The van der Waals surface area contributed by atoms with Crippen molar-refractivity contribution in [3.8, 4) is 5.69 Å². The fraction of sp³-hybridized carbons (Fsp3) is 0.222. The number of hydrogen-bond donors (Lipinski definition) is 0. The van der Waals surface area contributed by atoms with Crippen molar-refractivity contribution in [3.63, 3.8) is 0 Å². The summed E-state index contributed by atoms with van der Waals surface area (Å²) in [6, 6.07) is 16.4. The number of nitrogens with zero attached hydrogens (tertiary/aromatic N) is 2. The van der Waals surface area contributed by atoms with Gasteiger partial charge in [0.15, 0.2) is 0 Å². The van der Waals surface area contributed by atoms with Gasteiger partial charge < -0.3 is 13.8 Å². The van der Waals surface area contributed by atoms with Crippen LogP contribution in [0, 0.1) is 12.3 Å². The fourth-order valence-corrected chi connectivity index (χ4v) is 5.10. The van der Waals surface area contributed by atoms with Crippen molar-refractivity contribution in [3.05, 3.63) is 97.0 Å². The van der Waals surface area contributed by atoms with E-state index >= 15 is 0 Å². The molecule has 5 rings (SSSR count). The lowest BCUT2D eigenvalue weighted by molar-refractivity contribution is 0.0509. The molecule has 1 aliphatic carbocycles. The van der Waals surface area contributed by atoms with E-state index < -0.39 is 11.6 Å². The van der Waals surface area contributed by atoms with Crippen LogP contribution in [0.1, 0.15) is 47.6 Å². The van der Waals surface area contributed by atoms with Crippen LogP contribution < -0.4 is 5.63 Å². The second-order valence-corrected chi connectivity index (χ2v) is 10.9. The Labute approximate surface area is 215 Å². The zero-order chi connectivity index (χ0) is 24.9. The molecule has 2 aromatic heterocycles. The van der Waals surface area contributed by atoms with Crippen molar-refractivity contribution in [2.24, 2.45) is 10.6 Å². The Morgan fingerprint density at radius 1 is 1.11 bits per heavy atom. The summed E-state index contributed by atoms with van der Waals surface area (Å²) in [6.07, 6.45) is 1.45. The molecule has 0 spiro atoms. The van der Waals surface area contributed by atoms with E-state index in [1.807, 2.05) is 37.3 Å². The first-order valence-corrected chi connectivity index (χ1v) is 12.3. The molecule has 35 heavy (non-hydrogen) atoms. The highest BCUT2D eigenvalue weighted by Gasteiger charge is 2.34. The maximum atomic E-state index is 12.8. The third kappa shape index (κ3) is 4.58. The Morgan fingerprint density at radius 2 is 1.86 bits per heavy atom. The summed E-state index contributed by atoms with van der Waals surface area (Å²) in [7, 11) is 0. The minimum atomic E-state index is -0.855. The molecule has 0 fully saturated rings. The number of aryl methyl sites for hydroxylation is 1. The molecule has 0 amide bonds. The molecule has 8 heteroatoms. The number of carbonyl (C=O) groups is 1. The highest BCUT2D eigenvalue weighted by atomic mass is 79.9. The van der Waals surface area contributed by atoms with Gasteiger partial charge in [0.1, 0.15) is 11.1 Å². The normalized spacial score (nSPS) is 15.9. The summed E-state index contributed by atoms with van der Waals surface area (Å²) in [5, 5.41) is 5.52. The van der Waals surface area contributed by atoms with Gasteiger partial charge in [0.25, 0.3) is 0 Å². The van der Waals surface area contributed by atoms with Gasteiger partial charge in [-0.25, -0.2) is 9.59 Å². The van der Waals surface area contributed by atoms with E-state index in [-0.39, 0.29) is 11.0 Å². The van der Waals surface area contributed by atoms with E-state index in [2.05, 4.69) is 39.5 Å². The van der Waals surface area contributed by atoms with E-state index in [9.17, 15) is 9.59 Å². The maximum absolute atomic E-state index is 12.8. The number of benzene rings is 2. The van der Waals surface area contributed by atoms with Crippen LogP contribution >= 0.6 is 27.5 Å². The van der Waals surface area contributed by atoms with Crippen molar-refractivity contribution in [1.29, 1.82) is 0 Å². The molecule has 0 N–H and O–H groups in total. The Bertz CT molecular complexity index is 1560. The van der Waals surface area contributed by atoms with Crippen molar-refractivity contribution >= 4 is 50.2 Å². The molecule has 6 nitrogen and oxygen atoms in total. The maximum Gasteiger partial charge on any atom is 0.373 e. The molecule has 0 saturated heterocycles. The second-order valence-electron chi connectivity index (χ2n) is 9.52. The van der Waals surface area contributed by atoms with Crippen molar-refractivity contribution in [2.75, 3.05) is 0 Å². The number of hydrogen-bond acceptors (Lipinski definition) is 5. The zero-order valence-electron chi connectivity index (χ0n) is 19.4. The zero-order valence-corrected chi connectivity index (χ0v) is 21.7. The Balaban J connectivity index is 1.52. The van der Waals surface area contributed by atoms with Gasteiger partial charge in [0.2, 0.25) is 0 Å². The summed E-state index contributed by atoms with van der Waals surface area (Å²) in [4.78, 5) is 30.5. The predicted molar refractivity (Wildman–Crippen MR) is 140 cm³/mol. The van der Waals surface area contributed by atoms with E-state index in [1.54, 1.807) is 18.2 Å². The van der Waals surface area contributed by atoms with Crippen LogP contribution in [0.2, 0.25) is 5.02 Å². The van der Waals surface area contributed by atoms with E-state index in [4.69, 9.17) is 20.9 Å². The van der Waals surface area contributed by atoms with Crippen molar-refractivity contribution in [2.45, 2.75) is 33.6 Å². The molecular weight excluding hydrogens is 532 g/mol. The standard InChI is InChI=1S/C27H22BrClN2O4/c1-15-10-20-22(13-27(2,3)14-23(20)31(15)19-7-5-18(29)6-8-19)30-35-26(33)21-12-16-11-17(28)4-9-24(16)34-25(21)32/h4-12H,13-14H2,1-3H3/b30-22+. The molecule has 2 aromatic carbocycles. The minimum Gasteiger partial charge on any atom is -0.422 e. The quantitative estimate of drug-likeness (QED) is 0.158. The molecule has 0 aliphatic heterocycles. The number of halogens is 2.